The largest absolute Gasteiger partial charge is 0.141 e. The highest BCUT2D eigenvalue weighted by Gasteiger charge is 1.93. The fraction of sp³-hybridized carbons (Fsp3) is 0.333. The summed E-state index contributed by atoms with van der Waals surface area (Å²) in [6.45, 7) is 4.28. The molecule has 0 aliphatic heterocycles. The van der Waals surface area contributed by atoms with Gasteiger partial charge in [-0.25, -0.2) is 0 Å². The summed E-state index contributed by atoms with van der Waals surface area (Å²) < 4.78 is 1.33. The van der Waals surface area contributed by atoms with Crippen LogP contribution in [-0.4, -0.2) is 0 Å². The molecule has 2 heteroatoms. The Hall–Kier alpha value is 0.130. The van der Waals surface area contributed by atoms with E-state index in [1.165, 1.54) is 15.1 Å². The van der Waals surface area contributed by atoms with Crippen molar-refractivity contribution in [2.45, 2.75) is 13.8 Å². The van der Waals surface area contributed by atoms with Crippen molar-refractivity contribution < 1.29 is 0 Å². The van der Waals surface area contributed by atoms with E-state index in [-0.39, 0.29) is 0 Å². The molecule has 1 atom stereocenters. The molecular formula is C6H9PS. The van der Waals surface area contributed by atoms with Gasteiger partial charge < -0.3 is 0 Å². The van der Waals surface area contributed by atoms with Crippen LogP contribution in [-0.2, 0) is 0 Å². The van der Waals surface area contributed by atoms with E-state index in [1.807, 2.05) is 11.3 Å². The van der Waals surface area contributed by atoms with Gasteiger partial charge in [-0.15, -0.1) is 11.3 Å². The number of aryl methyl sites for hydroxylation is 2. The van der Waals surface area contributed by atoms with Crippen molar-refractivity contribution in [3.63, 3.8) is 0 Å². The van der Waals surface area contributed by atoms with Crippen LogP contribution >= 0.6 is 20.6 Å². The van der Waals surface area contributed by atoms with Crippen LogP contribution in [0.15, 0.2) is 6.07 Å². The second kappa shape index (κ2) is 2.16. The van der Waals surface area contributed by atoms with Crippen LogP contribution in [0.2, 0.25) is 0 Å². The first-order valence-electron chi connectivity index (χ1n) is 2.52. The highest BCUT2D eigenvalue weighted by atomic mass is 32.1. The van der Waals surface area contributed by atoms with Gasteiger partial charge in [-0.3, -0.25) is 0 Å². The Balaban J connectivity index is 3.14. The van der Waals surface area contributed by atoms with Gasteiger partial charge in [0.05, 0.1) is 0 Å². The highest BCUT2D eigenvalue weighted by molar-refractivity contribution is 7.43. The van der Waals surface area contributed by atoms with Gasteiger partial charge in [0.15, 0.2) is 0 Å². The Morgan fingerprint density at radius 3 is 2.25 bits per heavy atom. The molecule has 8 heavy (non-hydrogen) atoms. The summed E-state index contributed by atoms with van der Waals surface area (Å²) in [4.78, 5) is 1.43. The van der Waals surface area contributed by atoms with E-state index >= 15 is 0 Å². The van der Waals surface area contributed by atoms with Gasteiger partial charge >= 0.3 is 0 Å². The fourth-order valence-electron chi connectivity index (χ4n) is 0.602. The van der Waals surface area contributed by atoms with Crippen molar-refractivity contribution in [1.82, 2.24) is 0 Å². The normalized spacial score (nSPS) is 9.88. The third-order valence-electron chi connectivity index (χ3n) is 1.19. The molecule has 0 saturated carbocycles. The molecule has 0 spiro atoms. The minimum atomic E-state index is 1.33. The average Bonchev–Trinajstić information content (AvgIpc) is 1.85. The summed E-state index contributed by atoms with van der Waals surface area (Å²) in [6, 6.07) is 2.19. The van der Waals surface area contributed by atoms with E-state index in [2.05, 4.69) is 29.2 Å². The summed E-state index contributed by atoms with van der Waals surface area (Å²) in [5.41, 5.74) is 1.40. The zero-order chi connectivity index (χ0) is 6.15. The summed E-state index contributed by atoms with van der Waals surface area (Å²) >= 11 is 1.83. The third kappa shape index (κ3) is 1.10. The van der Waals surface area contributed by atoms with E-state index in [0.29, 0.717) is 0 Å². The van der Waals surface area contributed by atoms with E-state index in [0.717, 1.165) is 0 Å². The van der Waals surface area contributed by atoms with Gasteiger partial charge in [-0.1, -0.05) is 9.24 Å². The van der Waals surface area contributed by atoms with Crippen LogP contribution in [0.1, 0.15) is 10.4 Å². The molecule has 1 rings (SSSR count). The lowest BCUT2D eigenvalue weighted by Crippen LogP contribution is -1.71. The van der Waals surface area contributed by atoms with E-state index in [4.69, 9.17) is 0 Å². The molecular weight excluding hydrogens is 135 g/mol. The second-order valence-electron chi connectivity index (χ2n) is 1.89. The van der Waals surface area contributed by atoms with Crippen LogP contribution in [0.5, 0.6) is 0 Å². The quantitative estimate of drug-likeness (QED) is 0.487. The standard InChI is InChI=1S/C6H9PS/c1-4-3-6(7)8-5(4)2/h3H,7H2,1-2H3. The molecule has 0 aliphatic carbocycles. The third-order valence-corrected chi connectivity index (χ3v) is 2.69. The fourth-order valence-corrected chi connectivity index (χ4v) is 2.19. The molecule has 1 aromatic heterocycles. The predicted molar refractivity (Wildman–Crippen MR) is 43.1 cm³/mol. The lowest BCUT2D eigenvalue weighted by Gasteiger charge is -1.79. The molecule has 1 unspecified atom stereocenters. The molecule has 0 fully saturated rings. The molecule has 44 valence electrons. The minimum absolute atomic E-state index is 1.33. The average molecular weight is 144 g/mol. The Kier molecular flexibility index (Phi) is 1.69. The lowest BCUT2D eigenvalue weighted by atomic mass is 10.3. The van der Waals surface area contributed by atoms with E-state index < -0.39 is 0 Å². The Labute approximate surface area is 56.1 Å². The van der Waals surface area contributed by atoms with E-state index in [9.17, 15) is 0 Å². The number of hydrogen-bond acceptors (Lipinski definition) is 1. The van der Waals surface area contributed by atoms with Gasteiger partial charge in [-0.2, -0.15) is 0 Å². The van der Waals surface area contributed by atoms with Gasteiger partial charge in [-0.05, 0) is 25.5 Å². The summed E-state index contributed by atoms with van der Waals surface area (Å²) in [5.74, 6) is 0. The van der Waals surface area contributed by atoms with Crippen LogP contribution in [0.4, 0.5) is 0 Å². The Bertz CT molecular complexity index is 171. The summed E-state index contributed by atoms with van der Waals surface area (Å²) in [7, 11) is 2.70. The zero-order valence-electron chi connectivity index (χ0n) is 5.06. The van der Waals surface area contributed by atoms with Crippen LogP contribution in [0.3, 0.4) is 0 Å². The maximum atomic E-state index is 2.70. The number of rotatable bonds is 0. The SMILES string of the molecule is Cc1cc(P)sc1C. The molecule has 1 aromatic rings. The smallest absolute Gasteiger partial charge is 0.0221 e. The predicted octanol–water partition coefficient (Wildman–Crippen LogP) is 1.87. The monoisotopic (exact) mass is 144 g/mol. The molecule has 0 aliphatic rings. The molecule has 0 nitrogen and oxygen atoms in total. The Morgan fingerprint density at radius 1 is 1.50 bits per heavy atom. The summed E-state index contributed by atoms with van der Waals surface area (Å²) in [5, 5.41) is 0. The first-order chi connectivity index (χ1) is 3.70. The van der Waals surface area contributed by atoms with Gasteiger partial charge in [0, 0.05) is 9.50 Å². The van der Waals surface area contributed by atoms with Gasteiger partial charge in [0.25, 0.3) is 0 Å². The van der Waals surface area contributed by atoms with E-state index in [1.54, 1.807) is 0 Å². The molecule has 0 amide bonds. The first kappa shape index (κ1) is 6.25. The van der Waals surface area contributed by atoms with Crippen molar-refractivity contribution >= 4 is 25.2 Å². The molecule has 0 bridgehead atoms. The molecule has 0 saturated heterocycles. The molecule has 0 N–H and O–H groups in total. The molecule has 0 radical (unpaired) electrons. The van der Waals surface area contributed by atoms with Crippen molar-refractivity contribution in [1.29, 1.82) is 0 Å². The van der Waals surface area contributed by atoms with Crippen molar-refractivity contribution in [2.75, 3.05) is 0 Å². The second-order valence-corrected chi connectivity index (χ2v) is 4.22. The summed E-state index contributed by atoms with van der Waals surface area (Å²) in [6.07, 6.45) is 0. The van der Waals surface area contributed by atoms with Crippen LogP contribution in [0.25, 0.3) is 0 Å². The number of thiophene rings is 1. The van der Waals surface area contributed by atoms with Crippen molar-refractivity contribution in [3.05, 3.63) is 16.5 Å². The topological polar surface area (TPSA) is 0 Å². The maximum Gasteiger partial charge on any atom is 0.0221 e. The number of hydrogen-bond donors (Lipinski definition) is 0. The molecule has 0 aromatic carbocycles. The first-order valence-corrected chi connectivity index (χ1v) is 3.92. The Morgan fingerprint density at radius 2 is 2.12 bits per heavy atom. The maximum absolute atomic E-state index is 2.70. The minimum Gasteiger partial charge on any atom is -0.141 e. The lowest BCUT2D eigenvalue weighted by molar-refractivity contribution is 1.45. The van der Waals surface area contributed by atoms with Crippen LogP contribution < -0.4 is 4.62 Å². The van der Waals surface area contributed by atoms with Crippen molar-refractivity contribution in [2.24, 2.45) is 0 Å². The zero-order valence-corrected chi connectivity index (χ0v) is 7.03. The van der Waals surface area contributed by atoms with Crippen molar-refractivity contribution in [3.8, 4) is 0 Å². The van der Waals surface area contributed by atoms with Gasteiger partial charge in [0.2, 0.25) is 0 Å². The highest BCUT2D eigenvalue weighted by Crippen LogP contribution is 2.13. The molecule has 1 heterocycles. The van der Waals surface area contributed by atoms with Gasteiger partial charge in [0.1, 0.15) is 0 Å². The van der Waals surface area contributed by atoms with Crippen LogP contribution in [0, 0.1) is 13.8 Å².